The molecule has 0 unspecified atom stereocenters. The van der Waals surface area contributed by atoms with Gasteiger partial charge in [0.25, 0.3) is 5.91 Å². The van der Waals surface area contributed by atoms with Gasteiger partial charge in [0.15, 0.2) is 15.0 Å². The van der Waals surface area contributed by atoms with Crippen LogP contribution in [0.1, 0.15) is 28.4 Å². The Morgan fingerprint density at radius 1 is 1.16 bits per heavy atom. The van der Waals surface area contributed by atoms with Crippen molar-refractivity contribution in [3.63, 3.8) is 0 Å². The number of hydrogen-bond donors (Lipinski definition) is 0. The van der Waals surface area contributed by atoms with Crippen LogP contribution in [0.2, 0.25) is 0 Å². The molecule has 0 fully saturated rings. The number of aromatic nitrogens is 3. The molecule has 0 aliphatic rings. The first kappa shape index (κ1) is 22.2. The Kier molecular flexibility index (Phi) is 6.12. The summed E-state index contributed by atoms with van der Waals surface area (Å²) in [4.78, 5) is 20.1. The standard InChI is InChI=1S/C23H24N4O3S2/c1-4-32(29,30)19-8-5-7-18(15-19)22(28)27(12-11-26-10-6-9-24-26)23-25-21-17(3)13-16(2)14-20(21)31-23/h5-10,13-15H,4,11-12H2,1-3H3. The zero-order valence-electron chi connectivity index (χ0n) is 18.1. The Labute approximate surface area is 191 Å². The van der Waals surface area contributed by atoms with Gasteiger partial charge in [-0.3, -0.25) is 14.4 Å². The van der Waals surface area contributed by atoms with Gasteiger partial charge in [-0.25, -0.2) is 13.4 Å². The second kappa shape index (κ2) is 8.84. The summed E-state index contributed by atoms with van der Waals surface area (Å²) in [7, 11) is -3.42. The number of carbonyl (C=O) groups excluding carboxylic acids is 1. The number of carbonyl (C=O) groups is 1. The van der Waals surface area contributed by atoms with Gasteiger partial charge >= 0.3 is 0 Å². The maximum Gasteiger partial charge on any atom is 0.260 e. The summed E-state index contributed by atoms with van der Waals surface area (Å²) in [5.41, 5.74) is 3.37. The van der Waals surface area contributed by atoms with Gasteiger partial charge in [-0.2, -0.15) is 5.10 Å². The van der Waals surface area contributed by atoms with E-state index < -0.39 is 9.84 Å². The first-order chi connectivity index (χ1) is 15.3. The van der Waals surface area contributed by atoms with Gasteiger partial charge in [-0.1, -0.05) is 30.4 Å². The lowest BCUT2D eigenvalue weighted by molar-refractivity contribution is 0.0985. The fourth-order valence-corrected chi connectivity index (χ4v) is 5.63. The fraction of sp³-hybridized carbons (Fsp3) is 0.261. The van der Waals surface area contributed by atoms with Crippen LogP contribution in [-0.2, 0) is 16.4 Å². The smallest absolute Gasteiger partial charge is 0.260 e. The van der Waals surface area contributed by atoms with Crippen LogP contribution in [-0.4, -0.2) is 41.4 Å². The van der Waals surface area contributed by atoms with E-state index in [2.05, 4.69) is 17.2 Å². The summed E-state index contributed by atoms with van der Waals surface area (Å²) < 4.78 is 27.4. The molecule has 0 aliphatic heterocycles. The molecule has 0 atom stereocenters. The minimum atomic E-state index is -3.42. The van der Waals surface area contributed by atoms with Crippen molar-refractivity contribution in [2.75, 3.05) is 17.2 Å². The Hall–Kier alpha value is -3.04. The van der Waals surface area contributed by atoms with E-state index in [0.717, 1.165) is 21.3 Å². The van der Waals surface area contributed by atoms with E-state index in [1.165, 1.54) is 23.5 Å². The Morgan fingerprint density at radius 2 is 1.97 bits per heavy atom. The molecule has 4 rings (SSSR count). The molecule has 7 nitrogen and oxygen atoms in total. The van der Waals surface area contributed by atoms with Crippen LogP contribution in [0.4, 0.5) is 5.13 Å². The normalized spacial score (nSPS) is 11.7. The van der Waals surface area contributed by atoms with E-state index in [0.29, 0.717) is 23.8 Å². The van der Waals surface area contributed by atoms with Crippen molar-refractivity contribution in [1.82, 2.24) is 14.8 Å². The van der Waals surface area contributed by atoms with Crippen LogP contribution in [0.25, 0.3) is 10.2 Å². The first-order valence-electron chi connectivity index (χ1n) is 10.3. The average Bonchev–Trinajstić information content (AvgIpc) is 3.44. The van der Waals surface area contributed by atoms with E-state index >= 15 is 0 Å². The first-order valence-corrected chi connectivity index (χ1v) is 12.8. The van der Waals surface area contributed by atoms with Gasteiger partial charge < -0.3 is 0 Å². The van der Waals surface area contributed by atoms with E-state index in [9.17, 15) is 13.2 Å². The molecule has 0 radical (unpaired) electrons. The van der Waals surface area contributed by atoms with Crippen LogP contribution in [0.15, 0.2) is 59.8 Å². The number of benzene rings is 2. The second-order valence-corrected chi connectivity index (χ2v) is 10.9. The number of nitrogens with zero attached hydrogens (tertiary/aromatic N) is 4. The van der Waals surface area contributed by atoms with Crippen LogP contribution in [0.3, 0.4) is 0 Å². The van der Waals surface area contributed by atoms with Crippen molar-refractivity contribution >= 4 is 42.4 Å². The number of thiazole rings is 1. The molecule has 2 aromatic carbocycles. The highest BCUT2D eigenvalue weighted by Crippen LogP contribution is 2.32. The third kappa shape index (κ3) is 4.44. The summed E-state index contributed by atoms with van der Waals surface area (Å²) >= 11 is 1.45. The largest absolute Gasteiger partial charge is 0.282 e. The number of aryl methyl sites for hydroxylation is 2. The molecule has 4 aromatic rings. The van der Waals surface area contributed by atoms with Crippen molar-refractivity contribution in [2.24, 2.45) is 0 Å². The molecule has 2 heterocycles. The third-order valence-corrected chi connectivity index (χ3v) is 7.98. The summed E-state index contributed by atoms with van der Waals surface area (Å²) in [5.74, 6) is -0.316. The van der Waals surface area contributed by atoms with Gasteiger partial charge in [0.2, 0.25) is 0 Å². The van der Waals surface area contributed by atoms with Crippen LogP contribution in [0, 0.1) is 13.8 Å². The number of hydrogen-bond acceptors (Lipinski definition) is 6. The molecule has 9 heteroatoms. The maximum atomic E-state index is 13.6. The molecule has 2 aromatic heterocycles. The van der Waals surface area contributed by atoms with Crippen molar-refractivity contribution in [1.29, 1.82) is 0 Å². The lowest BCUT2D eigenvalue weighted by Gasteiger charge is -2.20. The summed E-state index contributed by atoms with van der Waals surface area (Å²) in [6.45, 7) is 6.47. The van der Waals surface area contributed by atoms with E-state index in [1.807, 2.05) is 26.1 Å². The van der Waals surface area contributed by atoms with Crippen molar-refractivity contribution in [3.05, 3.63) is 71.5 Å². The lowest BCUT2D eigenvalue weighted by Crippen LogP contribution is -2.34. The molecule has 0 bridgehead atoms. The predicted octanol–water partition coefficient (Wildman–Crippen LogP) is 4.25. The molecule has 0 aliphatic carbocycles. The van der Waals surface area contributed by atoms with Crippen molar-refractivity contribution < 1.29 is 13.2 Å². The van der Waals surface area contributed by atoms with Crippen LogP contribution < -0.4 is 4.90 Å². The van der Waals surface area contributed by atoms with E-state index in [4.69, 9.17) is 4.98 Å². The zero-order chi connectivity index (χ0) is 22.9. The number of fused-ring (bicyclic) bond motifs is 1. The van der Waals surface area contributed by atoms with Crippen molar-refractivity contribution in [3.8, 4) is 0 Å². The molecule has 0 spiro atoms. The third-order valence-electron chi connectivity index (χ3n) is 5.23. The maximum absolute atomic E-state index is 13.6. The van der Waals surface area contributed by atoms with E-state index in [1.54, 1.807) is 34.8 Å². The van der Waals surface area contributed by atoms with Crippen LogP contribution in [0.5, 0.6) is 0 Å². The van der Waals surface area contributed by atoms with Gasteiger partial charge in [0.05, 0.1) is 27.4 Å². The molecule has 0 saturated carbocycles. The monoisotopic (exact) mass is 468 g/mol. The molecule has 1 amide bonds. The molecular weight excluding hydrogens is 444 g/mol. The highest BCUT2D eigenvalue weighted by atomic mass is 32.2. The topological polar surface area (TPSA) is 85.2 Å². The van der Waals surface area contributed by atoms with E-state index in [-0.39, 0.29) is 16.6 Å². The predicted molar refractivity (Wildman–Crippen MR) is 127 cm³/mol. The number of sulfone groups is 1. The zero-order valence-corrected chi connectivity index (χ0v) is 19.8. The van der Waals surface area contributed by atoms with Gasteiger partial charge in [-0.15, -0.1) is 0 Å². The Balaban J connectivity index is 1.75. The Morgan fingerprint density at radius 3 is 2.69 bits per heavy atom. The Bertz CT molecular complexity index is 1380. The molecule has 166 valence electrons. The molecule has 0 saturated heterocycles. The van der Waals surface area contributed by atoms with Gasteiger partial charge in [-0.05, 0) is 55.3 Å². The molecule has 32 heavy (non-hydrogen) atoms. The molecular formula is C23H24N4O3S2. The number of rotatable bonds is 7. The van der Waals surface area contributed by atoms with Crippen molar-refractivity contribution in [2.45, 2.75) is 32.2 Å². The summed E-state index contributed by atoms with van der Waals surface area (Å²) in [6, 6.07) is 12.2. The molecule has 0 N–H and O–H groups in total. The van der Waals surface area contributed by atoms with Gasteiger partial charge in [0, 0.05) is 24.5 Å². The summed E-state index contributed by atoms with van der Waals surface area (Å²) in [6.07, 6.45) is 3.53. The van der Waals surface area contributed by atoms with Crippen LogP contribution >= 0.6 is 11.3 Å². The SMILES string of the molecule is CCS(=O)(=O)c1cccc(C(=O)N(CCn2cccn2)c2nc3c(C)cc(C)cc3s2)c1. The minimum absolute atomic E-state index is 0.0237. The average molecular weight is 469 g/mol. The minimum Gasteiger partial charge on any atom is -0.282 e. The fourth-order valence-electron chi connectivity index (χ4n) is 3.54. The highest BCUT2D eigenvalue weighted by molar-refractivity contribution is 7.91. The number of anilines is 1. The van der Waals surface area contributed by atoms with Gasteiger partial charge in [0.1, 0.15) is 0 Å². The second-order valence-electron chi connectivity index (χ2n) is 7.58. The lowest BCUT2D eigenvalue weighted by atomic mass is 10.1. The number of amides is 1. The quantitative estimate of drug-likeness (QED) is 0.405. The summed E-state index contributed by atoms with van der Waals surface area (Å²) in [5, 5.41) is 4.80. The highest BCUT2D eigenvalue weighted by Gasteiger charge is 2.23.